The molecule has 0 aliphatic heterocycles. The molecule has 60 valence electrons. The zero-order valence-corrected chi connectivity index (χ0v) is 6.75. The average molecular weight is 150 g/mol. The van der Waals surface area contributed by atoms with Gasteiger partial charge < -0.3 is 0 Å². The molecule has 2 aliphatic rings. The Labute approximate surface area is 67.5 Å². The zero-order chi connectivity index (χ0) is 7.68. The fourth-order valence-corrected chi connectivity index (χ4v) is 2.29. The predicted molar refractivity (Wildman–Crippen MR) is 44.2 cm³/mol. The summed E-state index contributed by atoms with van der Waals surface area (Å²) in [5.74, 6) is 1.52. The first-order valence-corrected chi connectivity index (χ1v) is 4.57. The van der Waals surface area contributed by atoms with Gasteiger partial charge in [-0.3, -0.25) is 4.79 Å². The van der Waals surface area contributed by atoms with Gasteiger partial charge in [0, 0.05) is 12.3 Å². The molecule has 0 aromatic heterocycles. The third-order valence-electron chi connectivity index (χ3n) is 2.92. The van der Waals surface area contributed by atoms with Gasteiger partial charge in [0.2, 0.25) is 0 Å². The standard InChI is InChI=1S/C10H14O/c11-10-7-3-5-8-4-1-2-6-9(8)10/h1,4,8-9H,2-3,5-7H2/t8-,9-/m0/s1. The highest BCUT2D eigenvalue weighted by atomic mass is 16.1. The van der Waals surface area contributed by atoms with Crippen LogP contribution >= 0.6 is 0 Å². The molecule has 2 rings (SSSR count). The smallest absolute Gasteiger partial charge is 0.136 e. The lowest BCUT2D eigenvalue weighted by atomic mass is 9.73. The van der Waals surface area contributed by atoms with Gasteiger partial charge in [0.15, 0.2) is 0 Å². The van der Waals surface area contributed by atoms with Gasteiger partial charge in [-0.2, -0.15) is 0 Å². The van der Waals surface area contributed by atoms with Gasteiger partial charge in [-0.05, 0) is 31.6 Å². The van der Waals surface area contributed by atoms with E-state index >= 15 is 0 Å². The monoisotopic (exact) mass is 150 g/mol. The first-order valence-electron chi connectivity index (χ1n) is 4.57. The Hall–Kier alpha value is -0.590. The van der Waals surface area contributed by atoms with Crippen LogP contribution in [0, 0.1) is 11.8 Å². The Morgan fingerprint density at radius 1 is 1.36 bits per heavy atom. The Bertz CT molecular complexity index is 193. The summed E-state index contributed by atoms with van der Waals surface area (Å²) in [5.41, 5.74) is 0. The lowest BCUT2D eigenvalue weighted by Gasteiger charge is -2.30. The molecular weight excluding hydrogens is 136 g/mol. The number of carbonyl (C=O) groups excluding carboxylic acids is 1. The molecule has 0 spiro atoms. The zero-order valence-electron chi connectivity index (χ0n) is 6.75. The van der Waals surface area contributed by atoms with Crippen LogP contribution in [0.2, 0.25) is 0 Å². The van der Waals surface area contributed by atoms with Crippen molar-refractivity contribution in [3.63, 3.8) is 0 Å². The highest BCUT2D eigenvalue weighted by molar-refractivity contribution is 5.82. The summed E-state index contributed by atoms with van der Waals surface area (Å²) < 4.78 is 0. The Kier molecular flexibility index (Phi) is 1.80. The van der Waals surface area contributed by atoms with Gasteiger partial charge in [-0.25, -0.2) is 0 Å². The van der Waals surface area contributed by atoms with E-state index in [2.05, 4.69) is 12.2 Å². The molecule has 1 nitrogen and oxygen atoms in total. The Balaban J connectivity index is 2.15. The van der Waals surface area contributed by atoms with Crippen LogP contribution in [0.25, 0.3) is 0 Å². The molecule has 0 aromatic rings. The first-order chi connectivity index (χ1) is 5.38. The first kappa shape index (κ1) is 7.08. The SMILES string of the molecule is O=C1CCC[C@@H]2C=CCC[C@H]12. The lowest BCUT2D eigenvalue weighted by molar-refractivity contribution is -0.126. The van der Waals surface area contributed by atoms with Crippen molar-refractivity contribution in [1.82, 2.24) is 0 Å². The van der Waals surface area contributed by atoms with Crippen LogP contribution in [0.5, 0.6) is 0 Å². The normalized spacial score (nSPS) is 36.9. The van der Waals surface area contributed by atoms with Gasteiger partial charge in [0.1, 0.15) is 5.78 Å². The van der Waals surface area contributed by atoms with Crippen molar-refractivity contribution >= 4 is 5.78 Å². The van der Waals surface area contributed by atoms with E-state index in [1.807, 2.05) is 0 Å². The van der Waals surface area contributed by atoms with E-state index in [1.54, 1.807) is 0 Å². The minimum atomic E-state index is 0.397. The second-order valence-corrected chi connectivity index (χ2v) is 3.63. The van der Waals surface area contributed by atoms with Crippen LogP contribution in [0.3, 0.4) is 0 Å². The topological polar surface area (TPSA) is 17.1 Å². The molecule has 0 amide bonds. The maximum absolute atomic E-state index is 11.4. The number of rotatable bonds is 0. The number of carbonyl (C=O) groups is 1. The molecule has 1 heteroatoms. The van der Waals surface area contributed by atoms with Crippen molar-refractivity contribution in [1.29, 1.82) is 0 Å². The van der Waals surface area contributed by atoms with E-state index in [9.17, 15) is 4.79 Å². The summed E-state index contributed by atoms with van der Waals surface area (Å²) in [4.78, 5) is 11.4. The van der Waals surface area contributed by atoms with Gasteiger partial charge >= 0.3 is 0 Å². The quantitative estimate of drug-likeness (QED) is 0.484. The van der Waals surface area contributed by atoms with Gasteiger partial charge in [0.25, 0.3) is 0 Å². The maximum atomic E-state index is 11.4. The summed E-state index contributed by atoms with van der Waals surface area (Å²) in [6.45, 7) is 0. The minimum absolute atomic E-state index is 0.397. The fraction of sp³-hybridized carbons (Fsp3) is 0.700. The summed E-state index contributed by atoms with van der Waals surface area (Å²) in [5, 5.41) is 0. The Morgan fingerprint density at radius 2 is 2.27 bits per heavy atom. The number of fused-ring (bicyclic) bond motifs is 1. The summed E-state index contributed by atoms with van der Waals surface area (Å²) in [7, 11) is 0. The van der Waals surface area contributed by atoms with Crippen LogP contribution in [0.15, 0.2) is 12.2 Å². The number of hydrogen-bond donors (Lipinski definition) is 0. The summed E-state index contributed by atoms with van der Waals surface area (Å²) in [6.07, 6.45) is 9.92. The molecule has 2 atom stereocenters. The second kappa shape index (κ2) is 2.80. The second-order valence-electron chi connectivity index (χ2n) is 3.63. The molecule has 1 fully saturated rings. The van der Waals surface area contributed by atoms with Crippen LogP contribution in [0.4, 0.5) is 0 Å². The molecule has 11 heavy (non-hydrogen) atoms. The fourth-order valence-electron chi connectivity index (χ4n) is 2.29. The van der Waals surface area contributed by atoms with Gasteiger partial charge in [-0.1, -0.05) is 12.2 Å². The average Bonchev–Trinajstić information content (AvgIpc) is 2.06. The van der Waals surface area contributed by atoms with Crippen molar-refractivity contribution in [3.8, 4) is 0 Å². The lowest BCUT2D eigenvalue weighted by Crippen LogP contribution is -2.28. The van der Waals surface area contributed by atoms with Crippen molar-refractivity contribution in [3.05, 3.63) is 12.2 Å². The molecule has 1 saturated carbocycles. The van der Waals surface area contributed by atoms with E-state index in [4.69, 9.17) is 0 Å². The van der Waals surface area contributed by atoms with Crippen LogP contribution in [-0.4, -0.2) is 5.78 Å². The predicted octanol–water partition coefficient (Wildman–Crippen LogP) is 2.32. The van der Waals surface area contributed by atoms with Crippen molar-refractivity contribution < 1.29 is 4.79 Å². The number of ketones is 1. The summed E-state index contributed by atoms with van der Waals surface area (Å²) in [6, 6.07) is 0. The van der Waals surface area contributed by atoms with Crippen molar-refractivity contribution in [2.45, 2.75) is 32.1 Å². The van der Waals surface area contributed by atoms with E-state index < -0.39 is 0 Å². The number of allylic oxidation sites excluding steroid dienone is 2. The van der Waals surface area contributed by atoms with Crippen molar-refractivity contribution in [2.24, 2.45) is 11.8 Å². The molecule has 0 heterocycles. The largest absolute Gasteiger partial charge is 0.299 e. The van der Waals surface area contributed by atoms with Crippen LogP contribution < -0.4 is 0 Å². The van der Waals surface area contributed by atoms with Crippen LogP contribution in [0.1, 0.15) is 32.1 Å². The molecular formula is C10H14O. The molecule has 0 aromatic carbocycles. The molecule has 0 radical (unpaired) electrons. The third-order valence-corrected chi connectivity index (χ3v) is 2.92. The molecule has 0 unspecified atom stereocenters. The number of Topliss-reactive ketones (excluding diaryl/α,β-unsaturated/α-hetero) is 1. The van der Waals surface area contributed by atoms with Gasteiger partial charge in [0.05, 0.1) is 0 Å². The highest BCUT2D eigenvalue weighted by Gasteiger charge is 2.30. The molecule has 2 aliphatic carbocycles. The number of hydrogen-bond acceptors (Lipinski definition) is 1. The molecule has 0 bridgehead atoms. The highest BCUT2D eigenvalue weighted by Crippen LogP contribution is 2.34. The van der Waals surface area contributed by atoms with Crippen molar-refractivity contribution in [2.75, 3.05) is 0 Å². The van der Waals surface area contributed by atoms with E-state index in [0.29, 0.717) is 17.6 Å². The minimum Gasteiger partial charge on any atom is -0.299 e. The maximum Gasteiger partial charge on any atom is 0.136 e. The van der Waals surface area contributed by atoms with Crippen LogP contribution in [-0.2, 0) is 4.79 Å². The molecule has 0 N–H and O–H groups in total. The molecule has 0 saturated heterocycles. The third kappa shape index (κ3) is 1.24. The van der Waals surface area contributed by atoms with E-state index in [-0.39, 0.29) is 0 Å². The van der Waals surface area contributed by atoms with Gasteiger partial charge in [-0.15, -0.1) is 0 Å². The Morgan fingerprint density at radius 3 is 3.09 bits per heavy atom. The van der Waals surface area contributed by atoms with E-state index in [0.717, 1.165) is 25.7 Å². The van der Waals surface area contributed by atoms with E-state index in [1.165, 1.54) is 6.42 Å². The summed E-state index contributed by atoms with van der Waals surface area (Å²) >= 11 is 0.